The highest BCUT2D eigenvalue weighted by atomic mass is 32.3. The smallest absolute Gasteiger partial charge is 0.190 e. The second kappa shape index (κ2) is 8.06. The van der Waals surface area contributed by atoms with Crippen LogP contribution in [-0.2, 0) is 9.84 Å². The third-order valence-corrected chi connectivity index (χ3v) is 9.29. The molecule has 0 aliphatic heterocycles. The molecule has 0 saturated carbocycles. The van der Waals surface area contributed by atoms with E-state index in [4.69, 9.17) is 0 Å². The van der Waals surface area contributed by atoms with Crippen LogP contribution in [0.25, 0.3) is 0 Å². The van der Waals surface area contributed by atoms with E-state index in [1.165, 1.54) is 0 Å². The van der Waals surface area contributed by atoms with E-state index in [2.05, 4.69) is 41.5 Å². The first kappa shape index (κ1) is 20.6. The number of benzene rings is 1. The molecule has 0 aliphatic rings. The number of hydrogen-bond acceptors (Lipinski definition) is 3. The topological polar surface area (TPSA) is 34.1 Å². The number of hydrogen-bond donors (Lipinski definition) is 0. The molecular weight excluding hydrogens is 324 g/mol. The average molecular weight is 357 g/mol. The van der Waals surface area contributed by atoms with E-state index in [-0.39, 0.29) is 11.3 Å². The van der Waals surface area contributed by atoms with Crippen LogP contribution in [0.4, 0.5) is 0 Å². The largest absolute Gasteiger partial charge is 0.223 e. The third-order valence-electron chi connectivity index (χ3n) is 4.67. The lowest BCUT2D eigenvalue weighted by atomic mass is 9.83. The number of sulfone groups is 1. The fourth-order valence-electron chi connectivity index (χ4n) is 2.15. The Labute approximate surface area is 147 Å². The molecule has 3 atom stereocenters. The Balaban J connectivity index is 3.18. The van der Waals surface area contributed by atoms with E-state index in [0.717, 1.165) is 17.7 Å². The van der Waals surface area contributed by atoms with Crippen molar-refractivity contribution in [2.75, 3.05) is 5.75 Å². The van der Waals surface area contributed by atoms with E-state index < -0.39 is 14.4 Å². The van der Waals surface area contributed by atoms with E-state index >= 15 is 0 Å². The van der Waals surface area contributed by atoms with Crippen molar-refractivity contribution in [2.45, 2.75) is 64.4 Å². The van der Waals surface area contributed by atoms with Crippen molar-refractivity contribution in [3.8, 4) is 0 Å². The highest BCUT2D eigenvalue weighted by molar-refractivity contribution is 8.13. The Morgan fingerprint density at radius 3 is 2.04 bits per heavy atom. The van der Waals surface area contributed by atoms with Crippen molar-refractivity contribution < 1.29 is 8.42 Å². The number of aryl methyl sites for hydroxylation is 1. The average Bonchev–Trinajstić information content (AvgIpc) is 2.46. The van der Waals surface area contributed by atoms with E-state index in [1.807, 2.05) is 19.1 Å². The molecule has 0 fully saturated rings. The summed E-state index contributed by atoms with van der Waals surface area (Å²) in [7, 11) is -3.34. The molecule has 132 valence electrons. The SMILES string of the molecule is CCC(C)CS[C@@H]([C@@H](C)C(C)(C)C)S(=O)(=O)c1ccc(C)cc1. The van der Waals surface area contributed by atoms with Crippen LogP contribution in [-0.4, -0.2) is 18.8 Å². The van der Waals surface area contributed by atoms with Crippen LogP contribution in [0.1, 0.15) is 53.5 Å². The van der Waals surface area contributed by atoms with E-state index in [1.54, 1.807) is 23.9 Å². The van der Waals surface area contributed by atoms with Crippen molar-refractivity contribution in [2.24, 2.45) is 17.3 Å². The molecule has 0 N–H and O–H groups in total. The van der Waals surface area contributed by atoms with Gasteiger partial charge in [-0.05, 0) is 42.1 Å². The highest BCUT2D eigenvalue weighted by Gasteiger charge is 2.38. The van der Waals surface area contributed by atoms with Gasteiger partial charge in [0.1, 0.15) is 4.58 Å². The zero-order chi connectivity index (χ0) is 17.8. The molecule has 1 unspecified atom stereocenters. The molecule has 0 bridgehead atoms. The molecule has 1 aromatic rings. The Morgan fingerprint density at radius 2 is 1.61 bits per heavy atom. The Hall–Kier alpha value is -0.480. The quantitative estimate of drug-likeness (QED) is 0.641. The standard InChI is InChI=1S/C19H32O2S2/c1-8-14(2)13-22-18(16(4)19(5,6)7)23(20,21)17-11-9-15(3)10-12-17/h9-12,14,16,18H,8,13H2,1-7H3/t14?,16-,18-/m1/s1. The maximum atomic E-state index is 13.2. The molecule has 4 heteroatoms. The van der Waals surface area contributed by atoms with Crippen LogP contribution < -0.4 is 0 Å². The summed E-state index contributed by atoms with van der Waals surface area (Å²) in [4.78, 5) is 0.445. The Morgan fingerprint density at radius 1 is 1.09 bits per heavy atom. The first-order chi connectivity index (χ1) is 10.5. The summed E-state index contributed by atoms with van der Waals surface area (Å²) in [6.45, 7) is 14.8. The van der Waals surface area contributed by atoms with Crippen LogP contribution >= 0.6 is 11.8 Å². The van der Waals surface area contributed by atoms with Gasteiger partial charge in [0.2, 0.25) is 0 Å². The summed E-state index contributed by atoms with van der Waals surface area (Å²) in [5.74, 6) is 1.48. The summed E-state index contributed by atoms with van der Waals surface area (Å²) in [6, 6.07) is 7.25. The van der Waals surface area contributed by atoms with Gasteiger partial charge in [-0.3, -0.25) is 0 Å². The third kappa shape index (κ3) is 5.53. The molecule has 0 amide bonds. The second-order valence-electron chi connectivity index (χ2n) is 7.73. The van der Waals surface area contributed by atoms with Gasteiger partial charge in [0, 0.05) is 0 Å². The highest BCUT2D eigenvalue weighted by Crippen LogP contribution is 2.40. The summed E-state index contributed by atoms with van der Waals surface area (Å²) in [6.07, 6.45) is 1.08. The lowest BCUT2D eigenvalue weighted by Crippen LogP contribution is -2.34. The lowest BCUT2D eigenvalue weighted by molar-refractivity contribution is 0.276. The molecular formula is C19H32O2S2. The fourth-order valence-corrected chi connectivity index (χ4v) is 6.62. The van der Waals surface area contributed by atoms with Gasteiger partial charge in [0.05, 0.1) is 4.90 Å². The summed E-state index contributed by atoms with van der Waals surface area (Å²) < 4.78 is 26.0. The molecule has 1 aromatic carbocycles. The van der Waals surface area contributed by atoms with E-state index in [0.29, 0.717) is 10.8 Å². The van der Waals surface area contributed by atoms with Gasteiger partial charge in [0.25, 0.3) is 0 Å². The van der Waals surface area contributed by atoms with Crippen LogP contribution in [0.3, 0.4) is 0 Å². The second-order valence-corrected chi connectivity index (χ2v) is 11.3. The molecule has 0 aromatic heterocycles. The molecule has 0 heterocycles. The van der Waals surface area contributed by atoms with Crippen molar-refractivity contribution >= 4 is 21.6 Å². The van der Waals surface area contributed by atoms with Gasteiger partial charge < -0.3 is 0 Å². The van der Waals surface area contributed by atoms with Gasteiger partial charge in [-0.25, -0.2) is 8.42 Å². The minimum atomic E-state index is -3.34. The molecule has 2 nitrogen and oxygen atoms in total. The zero-order valence-electron chi connectivity index (χ0n) is 15.6. The number of thioether (sulfide) groups is 1. The predicted octanol–water partition coefficient (Wildman–Crippen LogP) is 5.56. The summed E-state index contributed by atoms with van der Waals surface area (Å²) in [5, 5.41) is 0. The van der Waals surface area contributed by atoms with Crippen LogP contribution in [0.15, 0.2) is 29.2 Å². The molecule has 0 saturated heterocycles. The Kier molecular flexibility index (Phi) is 7.21. The van der Waals surface area contributed by atoms with Crippen LogP contribution in [0.5, 0.6) is 0 Å². The maximum absolute atomic E-state index is 13.2. The van der Waals surface area contributed by atoms with Gasteiger partial charge >= 0.3 is 0 Å². The lowest BCUT2D eigenvalue weighted by Gasteiger charge is -2.34. The number of rotatable bonds is 7. The van der Waals surface area contributed by atoms with Gasteiger partial charge in [-0.15, -0.1) is 11.8 Å². The monoisotopic (exact) mass is 356 g/mol. The van der Waals surface area contributed by atoms with Crippen LogP contribution in [0, 0.1) is 24.2 Å². The molecule has 0 spiro atoms. The first-order valence-corrected chi connectivity index (χ1v) is 11.0. The minimum absolute atomic E-state index is 0.0507. The van der Waals surface area contributed by atoms with Crippen molar-refractivity contribution in [3.05, 3.63) is 29.8 Å². The fraction of sp³-hybridized carbons (Fsp3) is 0.684. The molecule has 0 radical (unpaired) electrons. The van der Waals surface area contributed by atoms with Gasteiger partial charge in [-0.1, -0.05) is 65.7 Å². The molecule has 23 heavy (non-hydrogen) atoms. The summed E-state index contributed by atoms with van der Waals surface area (Å²) in [5.41, 5.74) is 1.03. The normalized spacial score (nSPS) is 16.8. The van der Waals surface area contributed by atoms with Crippen molar-refractivity contribution in [1.29, 1.82) is 0 Å². The van der Waals surface area contributed by atoms with Crippen LogP contribution in [0.2, 0.25) is 0 Å². The minimum Gasteiger partial charge on any atom is -0.223 e. The predicted molar refractivity (Wildman–Crippen MR) is 103 cm³/mol. The first-order valence-electron chi connectivity index (χ1n) is 8.42. The van der Waals surface area contributed by atoms with Crippen molar-refractivity contribution in [1.82, 2.24) is 0 Å². The summed E-state index contributed by atoms with van der Waals surface area (Å²) >= 11 is 1.61. The maximum Gasteiger partial charge on any atom is 0.190 e. The van der Waals surface area contributed by atoms with Crippen molar-refractivity contribution in [3.63, 3.8) is 0 Å². The van der Waals surface area contributed by atoms with E-state index in [9.17, 15) is 8.42 Å². The Bertz CT molecular complexity index is 583. The molecule has 1 rings (SSSR count). The van der Waals surface area contributed by atoms with Gasteiger partial charge in [-0.2, -0.15) is 0 Å². The zero-order valence-corrected chi connectivity index (χ0v) is 17.2. The molecule has 0 aliphatic carbocycles. The van der Waals surface area contributed by atoms with Gasteiger partial charge in [0.15, 0.2) is 9.84 Å².